The third-order valence-electron chi connectivity index (χ3n) is 5.12. The minimum atomic E-state index is -4.53. The summed E-state index contributed by atoms with van der Waals surface area (Å²) < 4.78 is 40.7. The Balaban J connectivity index is 1.39. The second-order valence-electron chi connectivity index (χ2n) is 7.95. The average Bonchev–Trinajstić information content (AvgIpc) is 3.53. The number of carbonyl (C=O) groups is 2. The largest absolute Gasteiger partial charge is 0.401 e. The Morgan fingerprint density at radius 2 is 1.86 bits per heavy atom. The molecule has 0 aliphatic rings. The molecule has 0 radical (unpaired) electrons. The van der Waals surface area contributed by atoms with E-state index in [2.05, 4.69) is 40.5 Å². The number of alkyl halides is 3. The van der Waals surface area contributed by atoms with E-state index in [9.17, 15) is 22.8 Å². The van der Waals surface area contributed by atoms with Gasteiger partial charge in [-0.25, -0.2) is 19.6 Å². The van der Waals surface area contributed by atoms with Gasteiger partial charge in [0.2, 0.25) is 5.95 Å². The molecular formula is C21H18F3N9O2. The number of rotatable bonds is 7. The number of carbonyl (C=O) groups excluding carboxylic acids is 2. The van der Waals surface area contributed by atoms with Crippen molar-refractivity contribution in [3.8, 4) is 17.2 Å². The predicted octanol–water partition coefficient (Wildman–Crippen LogP) is 2.42. The molecule has 14 heteroatoms. The van der Waals surface area contributed by atoms with E-state index in [0.717, 1.165) is 13.8 Å². The van der Waals surface area contributed by atoms with Crippen molar-refractivity contribution in [3.05, 3.63) is 65.9 Å². The van der Waals surface area contributed by atoms with Crippen molar-refractivity contribution in [3.63, 3.8) is 0 Å². The highest BCUT2D eigenvalue weighted by atomic mass is 19.4. The van der Waals surface area contributed by atoms with Gasteiger partial charge in [-0.3, -0.25) is 19.7 Å². The summed E-state index contributed by atoms with van der Waals surface area (Å²) in [6.45, 7) is 1.79. The number of hydrogen-bond acceptors (Lipinski definition) is 8. The van der Waals surface area contributed by atoms with Crippen molar-refractivity contribution in [2.24, 2.45) is 0 Å². The van der Waals surface area contributed by atoms with E-state index in [4.69, 9.17) is 0 Å². The topological polar surface area (TPSA) is 144 Å². The molecular weight excluding hydrogens is 467 g/mol. The van der Waals surface area contributed by atoms with Gasteiger partial charge in [0.15, 0.2) is 12.1 Å². The van der Waals surface area contributed by atoms with Crippen LogP contribution in [0.2, 0.25) is 0 Å². The minimum Gasteiger partial charge on any atom is -0.345 e. The molecule has 0 aromatic carbocycles. The van der Waals surface area contributed by atoms with Crippen LogP contribution in [0.4, 0.5) is 13.2 Å². The Morgan fingerprint density at radius 3 is 2.49 bits per heavy atom. The fourth-order valence-corrected chi connectivity index (χ4v) is 2.81. The second kappa shape index (κ2) is 9.04. The third kappa shape index (κ3) is 4.90. The van der Waals surface area contributed by atoms with Crippen LogP contribution in [0, 0.1) is 0 Å². The molecule has 180 valence electrons. The van der Waals surface area contributed by atoms with Gasteiger partial charge in [-0.2, -0.15) is 23.4 Å². The molecule has 2 N–H and O–H groups in total. The number of aldehydes is 1. The fraction of sp³-hybridized carbons (Fsp3) is 0.238. The first-order valence-corrected chi connectivity index (χ1v) is 10.1. The zero-order chi connectivity index (χ0) is 25.2. The number of halogens is 3. The lowest BCUT2D eigenvalue weighted by Crippen LogP contribution is -2.37. The summed E-state index contributed by atoms with van der Waals surface area (Å²) in [5.74, 6) is -0.670. The van der Waals surface area contributed by atoms with Crippen LogP contribution < -0.4 is 5.32 Å². The summed E-state index contributed by atoms with van der Waals surface area (Å²) in [7, 11) is 0. The van der Waals surface area contributed by atoms with Crippen molar-refractivity contribution < 1.29 is 22.8 Å². The van der Waals surface area contributed by atoms with E-state index < -0.39 is 23.3 Å². The van der Waals surface area contributed by atoms with Gasteiger partial charge < -0.3 is 5.32 Å². The fourth-order valence-electron chi connectivity index (χ4n) is 2.81. The third-order valence-corrected chi connectivity index (χ3v) is 5.12. The van der Waals surface area contributed by atoms with Crippen LogP contribution in [-0.4, -0.2) is 58.3 Å². The summed E-state index contributed by atoms with van der Waals surface area (Å²) in [5, 5.41) is 12.6. The number of pyridine rings is 1. The Labute approximate surface area is 195 Å². The maximum absolute atomic E-state index is 13.1. The molecule has 0 saturated carbocycles. The molecule has 0 aliphatic carbocycles. The van der Waals surface area contributed by atoms with Crippen LogP contribution in [0.3, 0.4) is 0 Å². The predicted molar refractivity (Wildman–Crippen MR) is 114 cm³/mol. The highest BCUT2D eigenvalue weighted by Gasteiger charge is 2.51. The zero-order valence-corrected chi connectivity index (χ0v) is 18.4. The summed E-state index contributed by atoms with van der Waals surface area (Å²) in [6.07, 6.45) is 3.35. The van der Waals surface area contributed by atoms with Crippen LogP contribution in [0.15, 0.2) is 43.1 Å². The lowest BCUT2D eigenvalue weighted by molar-refractivity contribution is -0.182. The van der Waals surface area contributed by atoms with Gasteiger partial charge in [0.1, 0.15) is 11.2 Å². The average molecular weight is 485 g/mol. The minimum absolute atomic E-state index is 0.0757. The molecule has 4 heterocycles. The molecule has 0 atom stereocenters. The zero-order valence-electron chi connectivity index (χ0n) is 18.4. The monoisotopic (exact) mass is 485 g/mol. The van der Waals surface area contributed by atoms with Crippen LogP contribution in [-0.2, 0) is 12.0 Å². The molecule has 4 aromatic rings. The van der Waals surface area contributed by atoms with Crippen molar-refractivity contribution in [2.45, 2.75) is 32.0 Å². The van der Waals surface area contributed by atoms with Gasteiger partial charge in [0.05, 0.1) is 24.0 Å². The Hall–Kier alpha value is -4.49. The Bertz CT molecular complexity index is 1340. The number of aromatic nitrogens is 8. The van der Waals surface area contributed by atoms with E-state index in [1.54, 1.807) is 12.1 Å². The molecule has 11 nitrogen and oxygen atoms in total. The number of hydrogen-bond donors (Lipinski definition) is 2. The molecule has 0 saturated heterocycles. The molecule has 0 aliphatic heterocycles. The number of aromatic amines is 1. The van der Waals surface area contributed by atoms with Crippen molar-refractivity contribution >= 4 is 12.2 Å². The van der Waals surface area contributed by atoms with E-state index in [-0.39, 0.29) is 23.9 Å². The van der Waals surface area contributed by atoms with E-state index >= 15 is 0 Å². The first-order valence-electron chi connectivity index (χ1n) is 10.1. The summed E-state index contributed by atoms with van der Waals surface area (Å²) >= 11 is 0. The molecule has 0 fully saturated rings. The summed E-state index contributed by atoms with van der Waals surface area (Å²) in [4.78, 5) is 39.6. The van der Waals surface area contributed by atoms with Gasteiger partial charge in [-0.05, 0) is 26.0 Å². The van der Waals surface area contributed by atoms with Crippen LogP contribution >= 0.6 is 0 Å². The summed E-state index contributed by atoms with van der Waals surface area (Å²) in [6, 6.07) is 3.29. The van der Waals surface area contributed by atoms with Crippen molar-refractivity contribution in [1.82, 2.24) is 45.2 Å². The quantitative estimate of drug-likeness (QED) is 0.380. The van der Waals surface area contributed by atoms with Gasteiger partial charge in [0, 0.05) is 35.9 Å². The van der Waals surface area contributed by atoms with Crippen LogP contribution in [0.25, 0.3) is 17.2 Å². The molecule has 0 unspecified atom stereocenters. The number of H-pyrrole nitrogens is 1. The van der Waals surface area contributed by atoms with E-state index in [1.165, 1.54) is 35.7 Å². The van der Waals surface area contributed by atoms with Gasteiger partial charge in [0.25, 0.3) is 5.91 Å². The second-order valence-corrected chi connectivity index (χ2v) is 7.95. The number of amides is 1. The van der Waals surface area contributed by atoms with E-state index in [0.29, 0.717) is 23.1 Å². The van der Waals surface area contributed by atoms with Crippen molar-refractivity contribution in [1.29, 1.82) is 0 Å². The van der Waals surface area contributed by atoms with Gasteiger partial charge in [-0.1, -0.05) is 0 Å². The molecule has 0 spiro atoms. The SMILES string of the molecule is CC(C)(c1n[nH]c(CNC(=O)c2cnn(-c3ncc(-c4ccc(C=O)cn4)cn3)c2)n1)C(F)(F)F. The molecule has 4 aromatic heterocycles. The lowest BCUT2D eigenvalue weighted by Gasteiger charge is -2.24. The first kappa shape index (κ1) is 23.7. The van der Waals surface area contributed by atoms with Crippen LogP contribution in [0.5, 0.6) is 0 Å². The number of nitrogens with zero attached hydrogens (tertiary/aromatic N) is 7. The molecule has 0 bridgehead atoms. The molecule has 35 heavy (non-hydrogen) atoms. The van der Waals surface area contributed by atoms with Gasteiger partial charge in [-0.15, -0.1) is 0 Å². The smallest absolute Gasteiger partial charge is 0.345 e. The maximum Gasteiger partial charge on any atom is 0.401 e. The van der Waals surface area contributed by atoms with Gasteiger partial charge >= 0.3 is 6.18 Å². The van der Waals surface area contributed by atoms with Crippen LogP contribution in [0.1, 0.15) is 46.2 Å². The highest BCUT2D eigenvalue weighted by molar-refractivity contribution is 5.93. The number of nitrogens with one attached hydrogen (secondary N) is 2. The molecule has 4 rings (SSSR count). The standard InChI is InChI=1S/C21H18F3N9O2/c1-20(2,21(22,23)24)18-30-16(31-32-18)9-26-17(35)14-8-29-33(10-14)19-27-6-13(7-28-19)15-4-3-12(11-34)5-25-15/h3-8,10-11H,9H2,1-2H3,(H,26,35)(H,30,31,32). The van der Waals surface area contributed by atoms with Crippen molar-refractivity contribution in [2.75, 3.05) is 0 Å². The highest BCUT2D eigenvalue weighted by Crippen LogP contribution is 2.38. The Kier molecular flexibility index (Phi) is 6.11. The Morgan fingerprint density at radius 1 is 1.11 bits per heavy atom. The molecule has 1 amide bonds. The normalized spacial score (nSPS) is 11.9. The maximum atomic E-state index is 13.1. The lowest BCUT2D eigenvalue weighted by atomic mass is 9.92. The summed E-state index contributed by atoms with van der Waals surface area (Å²) in [5.41, 5.74) is -0.410. The van der Waals surface area contributed by atoms with E-state index in [1.807, 2.05) is 0 Å². The first-order chi connectivity index (χ1) is 16.6.